The average Bonchev–Trinajstić information content (AvgIpc) is 3.13. The molecular weight excluding hydrogens is 378 g/mol. The van der Waals surface area contributed by atoms with E-state index in [1.54, 1.807) is 6.07 Å². The number of fused-ring (bicyclic) bond motifs is 1. The van der Waals surface area contributed by atoms with Gasteiger partial charge in [-0.05, 0) is 37.5 Å². The highest BCUT2D eigenvalue weighted by molar-refractivity contribution is 7.91. The van der Waals surface area contributed by atoms with Crippen molar-refractivity contribution in [2.24, 2.45) is 0 Å². The molecule has 3 rings (SSSR count). The van der Waals surface area contributed by atoms with Crippen molar-refractivity contribution in [1.82, 2.24) is 5.32 Å². The summed E-state index contributed by atoms with van der Waals surface area (Å²) in [6.07, 6.45) is 1.53. The molecule has 1 atom stereocenters. The molecule has 7 heteroatoms. The first-order chi connectivity index (χ1) is 13.3. The van der Waals surface area contributed by atoms with Crippen molar-refractivity contribution in [2.45, 2.75) is 37.2 Å². The SMILES string of the molecule is CC[C](Cc1ccccc1)NC[C@@](C)(O)CS(=O)(=O)c1ccc2c(c1)OCO2. The van der Waals surface area contributed by atoms with Gasteiger partial charge in [-0.1, -0.05) is 37.3 Å². The smallest absolute Gasteiger partial charge is 0.231 e. The highest BCUT2D eigenvalue weighted by Gasteiger charge is 2.31. The summed E-state index contributed by atoms with van der Waals surface area (Å²) in [5, 5.41) is 13.9. The predicted octanol–water partition coefficient (Wildman–Crippen LogP) is 2.71. The van der Waals surface area contributed by atoms with Gasteiger partial charge in [0, 0.05) is 18.7 Å². The summed E-state index contributed by atoms with van der Waals surface area (Å²) >= 11 is 0. The maximum Gasteiger partial charge on any atom is 0.231 e. The Morgan fingerprint density at radius 2 is 1.86 bits per heavy atom. The van der Waals surface area contributed by atoms with Crippen LogP contribution in [0.15, 0.2) is 53.4 Å². The van der Waals surface area contributed by atoms with Gasteiger partial charge in [0.25, 0.3) is 0 Å². The van der Waals surface area contributed by atoms with Gasteiger partial charge in [-0.25, -0.2) is 8.42 Å². The van der Waals surface area contributed by atoms with E-state index in [-0.39, 0.29) is 18.2 Å². The van der Waals surface area contributed by atoms with Crippen LogP contribution < -0.4 is 14.8 Å². The third-order valence-electron chi connectivity index (χ3n) is 4.61. The van der Waals surface area contributed by atoms with Crippen molar-refractivity contribution < 1.29 is 23.0 Å². The van der Waals surface area contributed by atoms with Crippen LogP contribution in [0.1, 0.15) is 25.8 Å². The summed E-state index contributed by atoms with van der Waals surface area (Å²) in [4.78, 5) is 0.112. The van der Waals surface area contributed by atoms with Crippen molar-refractivity contribution >= 4 is 9.84 Å². The number of aliphatic hydroxyl groups is 1. The normalized spacial score (nSPS) is 15.6. The molecule has 1 aliphatic heterocycles. The molecule has 0 spiro atoms. The first-order valence-electron chi connectivity index (χ1n) is 9.26. The first kappa shape index (κ1) is 20.6. The van der Waals surface area contributed by atoms with Crippen LogP contribution in [0.4, 0.5) is 0 Å². The summed E-state index contributed by atoms with van der Waals surface area (Å²) in [5.41, 5.74) is -0.258. The molecule has 28 heavy (non-hydrogen) atoms. The average molecular weight is 405 g/mol. The minimum atomic E-state index is -3.69. The second-order valence-electron chi connectivity index (χ2n) is 7.24. The molecule has 2 aromatic rings. The zero-order chi connectivity index (χ0) is 20.2. The molecule has 0 unspecified atom stereocenters. The van der Waals surface area contributed by atoms with E-state index in [4.69, 9.17) is 9.47 Å². The number of ether oxygens (including phenoxy) is 2. The monoisotopic (exact) mass is 404 g/mol. The van der Waals surface area contributed by atoms with Gasteiger partial charge < -0.3 is 19.9 Å². The van der Waals surface area contributed by atoms with Crippen LogP contribution in [-0.4, -0.2) is 38.2 Å². The lowest BCUT2D eigenvalue weighted by Crippen LogP contribution is -2.45. The van der Waals surface area contributed by atoms with Gasteiger partial charge in [0.1, 0.15) is 0 Å². The molecule has 151 valence electrons. The molecule has 1 heterocycles. The minimum absolute atomic E-state index is 0.0809. The summed E-state index contributed by atoms with van der Waals surface area (Å²) < 4.78 is 36.0. The second-order valence-corrected chi connectivity index (χ2v) is 9.23. The molecule has 2 N–H and O–H groups in total. The fourth-order valence-electron chi connectivity index (χ4n) is 3.08. The molecule has 0 saturated carbocycles. The van der Waals surface area contributed by atoms with Gasteiger partial charge in [0.15, 0.2) is 21.3 Å². The molecule has 0 aliphatic carbocycles. The Labute approximate surface area is 166 Å². The van der Waals surface area contributed by atoms with E-state index in [9.17, 15) is 13.5 Å². The van der Waals surface area contributed by atoms with Crippen LogP contribution >= 0.6 is 0 Å². The van der Waals surface area contributed by atoms with Crippen LogP contribution in [0, 0.1) is 6.04 Å². The van der Waals surface area contributed by atoms with Crippen molar-refractivity contribution in [3.05, 3.63) is 60.1 Å². The number of hydrogen-bond acceptors (Lipinski definition) is 6. The Hall–Kier alpha value is -2.09. The fourth-order valence-corrected chi connectivity index (χ4v) is 4.73. The molecule has 0 bridgehead atoms. The predicted molar refractivity (Wildman–Crippen MR) is 107 cm³/mol. The molecule has 0 aromatic heterocycles. The van der Waals surface area contributed by atoms with E-state index in [2.05, 4.69) is 5.32 Å². The van der Waals surface area contributed by atoms with E-state index in [0.717, 1.165) is 18.9 Å². The van der Waals surface area contributed by atoms with Crippen LogP contribution in [0.2, 0.25) is 0 Å². The Morgan fingerprint density at radius 1 is 1.14 bits per heavy atom. The topological polar surface area (TPSA) is 84.9 Å². The molecule has 2 aromatic carbocycles. The van der Waals surface area contributed by atoms with E-state index in [1.165, 1.54) is 24.6 Å². The zero-order valence-electron chi connectivity index (χ0n) is 16.1. The van der Waals surface area contributed by atoms with E-state index < -0.39 is 21.2 Å². The lowest BCUT2D eigenvalue weighted by molar-refractivity contribution is 0.0832. The lowest BCUT2D eigenvalue weighted by atomic mass is 10.0. The highest BCUT2D eigenvalue weighted by Crippen LogP contribution is 2.34. The molecule has 6 nitrogen and oxygen atoms in total. The quantitative estimate of drug-likeness (QED) is 0.669. The van der Waals surface area contributed by atoms with Gasteiger partial charge in [-0.2, -0.15) is 0 Å². The lowest BCUT2D eigenvalue weighted by Gasteiger charge is -2.26. The van der Waals surface area contributed by atoms with Gasteiger partial charge in [0.05, 0.1) is 16.2 Å². The zero-order valence-corrected chi connectivity index (χ0v) is 17.0. The summed E-state index contributed by atoms with van der Waals surface area (Å²) in [7, 11) is -3.69. The molecule has 0 saturated heterocycles. The first-order valence-corrected chi connectivity index (χ1v) is 10.9. The van der Waals surface area contributed by atoms with E-state index in [0.29, 0.717) is 11.5 Å². The largest absolute Gasteiger partial charge is 0.454 e. The van der Waals surface area contributed by atoms with Crippen molar-refractivity contribution in [3.8, 4) is 11.5 Å². The molecule has 0 amide bonds. The third kappa shape index (κ3) is 5.25. The summed E-state index contributed by atoms with van der Waals surface area (Å²) in [6, 6.07) is 15.6. The molecule has 1 radical (unpaired) electrons. The van der Waals surface area contributed by atoms with Gasteiger partial charge in [0.2, 0.25) is 6.79 Å². The summed E-state index contributed by atoms with van der Waals surface area (Å²) in [5.74, 6) is 0.536. The Balaban J connectivity index is 1.62. The molecule has 0 fully saturated rings. The number of hydrogen-bond donors (Lipinski definition) is 2. The van der Waals surface area contributed by atoms with Crippen LogP contribution in [-0.2, 0) is 16.3 Å². The minimum Gasteiger partial charge on any atom is -0.454 e. The van der Waals surface area contributed by atoms with Crippen molar-refractivity contribution in [1.29, 1.82) is 0 Å². The number of nitrogens with one attached hydrogen (secondary N) is 1. The number of rotatable bonds is 9. The second kappa shape index (κ2) is 8.51. The van der Waals surface area contributed by atoms with Crippen LogP contribution in [0.25, 0.3) is 0 Å². The van der Waals surface area contributed by atoms with Gasteiger partial charge in [-0.3, -0.25) is 0 Å². The Kier molecular flexibility index (Phi) is 6.27. The number of benzene rings is 2. The summed E-state index contributed by atoms with van der Waals surface area (Å²) in [6.45, 7) is 3.79. The molecule has 1 aliphatic rings. The molecular formula is C21H26NO5S. The Morgan fingerprint density at radius 3 is 2.57 bits per heavy atom. The van der Waals surface area contributed by atoms with Crippen LogP contribution in [0.5, 0.6) is 11.5 Å². The van der Waals surface area contributed by atoms with Crippen LogP contribution in [0.3, 0.4) is 0 Å². The van der Waals surface area contributed by atoms with E-state index in [1.807, 2.05) is 37.3 Å². The highest BCUT2D eigenvalue weighted by atomic mass is 32.2. The third-order valence-corrected chi connectivity index (χ3v) is 6.58. The maximum atomic E-state index is 12.8. The van der Waals surface area contributed by atoms with Crippen molar-refractivity contribution in [3.63, 3.8) is 0 Å². The number of sulfone groups is 1. The fraction of sp³-hybridized carbons (Fsp3) is 0.381. The van der Waals surface area contributed by atoms with Gasteiger partial charge in [-0.15, -0.1) is 0 Å². The van der Waals surface area contributed by atoms with E-state index >= 15 is 0 Å². The van der Waals surface area contributed by atoms with Crippen molar-refractivity contribution in [2.75, 3.05) is 19.1 Å². The Bertz CT molecular complexity index is 896. The standard InChI is InChI=1S/C21H26NO5S/c1-3-17(11-16-7-5-4-6-8-16)22-13-21(2,23)14-28(24,25)18-9-10-19-20(12-18)27-15-26-19/h4-10,12,22-23H,3,11,13-15H2,1-2H3/t21-/m1/s1. The maximum absolute atomic E-state index is 12.8. The van der Waals surface area contributed by atoms with Gasteiger partial charge >= 0.3 is 0 Å².